The summed E-state index contributed by atoms with van der Waals surface area (Å²) in [6, 6.07) is 6.72. The van der Waals surface area contributed by atoms with E-state index in [2.05, 4.69) is 31.2 Å². The van der Waals surface area contributed by atoms with Crippen molar-refractivity contribution in [3.63, 3.8) is 0 Å². The number of alkyl carbamates (subject to hydrolysis) is 1. The number of nitrogens with zero attached hydrogens (tertiary/aromatic N) is 4. The number of hydrogen-bond donors (Lipinski definition) is 4. The van der Waals surface area contributed by atoms with Crippen molar-refractivity contribution < 1.29 is 47.7 Å². The highest BCUT2D eigenvalue weighted by Crippen LogP contribution is 2.30. The van der Waals surface area contributed by atoms with Gasteiger partial charge in [0.2, 0.25) is 23.7 Å². The van der Waals surface area contributed by atoms with Gasteiger partial charge in [-0.2, -0.15) is 0 Å². The Bertz CT molecular complexity index is 1890. The summed E-state index contributed by atoms with van der Waals surface area (Å²) in [5, 5.41) is 11.4. The van der Waals surface area contributed by atoms with Gasteiger partial charge < -0.3 is 50.0 Å². The molecule has 0 spiro atoms. The van der Waals surface area contributed by atoms with Crippen LogP contribution in [0.4, 0.5) is 10.7 Å². The van der Waals surface area contributed by atoms with E-state index >= 15 is 0 Å². The number of benzene rings is 1. The van der Waals surface area contributed by atoms with Crippen molar-refractivity contribution in [2.45, 2.75) is 136 Å². The largest absolute Gasteiger partial charge is 0.467 e. The zero-order valence-electron chi connectivity index (χ0n) is 40.7. The first-order valence-electron chi connectivity index (χ1n) is 22.6. The lowest BCUT2D eigenvalue weighted by Crippen LogP contribution is -2.56. The Morgan fingerprint density at radius 2 is 1.62 bits per heavy atom. The zero-order valence-corrected chi connectivity index (χ0v) is 40.7. The fraction of sp³-hybridized carbons (Fsp3) is 0.660. The molecular formula is C47H74N8O10. The second-order valence-electron chi connectivity index (χ2n) is 18.1. The highest BCUT2D eigenvalue weighted by Gasteiger charge is 2.43. The summed E-state index contributed by atoms with van der Waals surface area (Å²) in [5.41, 5.74) is 0.845. The van der Waals surface area contributed by atoms with Crippen LogP contribution in [-0.2, 0) is 44.5 Å². The van der Waals surface area contributed by atoms with Crippen molar-refractivity contribution in [2.75, 3.05) is 53.3 Å². The first-order chi connectivity index (χ1) is 30.7. The number of methoxy groups -OCH3 is 3. The Labute approximate surface area is 385 Å². The van der Waals surface area contributed by atoms with Gasteiger partial charge in [0, 0.05) is 53.5 Å². The topological polar surface area (TPSA) is 220 Å². The zero-order chi connectivity index (χ0) is 48.6. The number of anilines is 1. The summed E-state index contributed by atoms with van der Waals surface area (Å²) >= 11 is 0. The molecule has 1 aromatic carbocycles. The van der Waals surface area contributed by atoms with Gasteiger partial charge in [-0.05, 0) is 57.9 Å². The van der Waals surface area contributed by atoms with Gasteiger partial charge in [-0.3, -0.25) is 19.2 Å². The maximum Gasteiger partial charge on any atom is 0.407 e. The number of esters is 1. The Balaban J connectivity index is 1.73. The average Bonchev–Trinajstić information content (AvgIpc) is 3.75. The van der Waals surface area contributed by atoms with Crippen molar-refractivity contribution in [1.29, 1.82) is 0 Å². The van der Waals surface area contributed by atoms with Gasteiger partial charge in [-0.1, -0.05) is 71.4 Å². The molecule has 3 rings (SSSR count). The van der Waals surface area contributed by atoms with E-state index in [0.29, 0.717) is 31.5 Å². The van der Waals surface area contributed by atoms with Crippen LogP contribution in [0.25, 0.3) is 0 Å². The summed E-state index contributed by atoms with van der Waals surface area (Å²) in [5.74, 6) is -2.68. The number of carbonyl (C=O) groups is 6. The van der Waals surface area contributed by atoms with Gasteiger partial charge in [0.1, 0.15) is 17.7 Å². The Morgan fingerprint density at radius 1 is 0.954 bits per heavy atom. The van der Waals surface area contributed by atoms with Crippen molar-refractivity contribution in [2.24, 2.45) is 17.8 Å². The molecule has 362 valence electrons. The predicted molar refractivity (Wildman–Crippen MR) is 246 cm³/mol. The Hall–Kier alpha value is -5.36. The lowest BCUT2D eigenvalue weighted by atomic mass is 9.89. The first kappa shape index (κ1) is 54.0. The molecule has 2 heterocycles. The number of aromatic nitrogens is 2. The molecule has 0 aliphatic carbocycles. The second kappa shape index (κ2) is 25.4. The lowest BCUT2D eigenvalue weighted by molar-refractivity contribution is -0.148. The molecule has 4 N–H and O–H groups in total. The number of likely N-dealkylation sites (tertiary alicyclic amines) is 1. The van der Waals surface area contributed by atoms with Crippen LogP contribution >= 0.6 is 0 Å². The maximum absolute atomic E-state index is 14.5. The SMILES string of the molecule is CC[C@H](C)[C@@H]([C@@H](CC(=O)N1CCCC1[C@H](OC)[C@@H](C)C(=O)NC(Cc1ccccc1)C(=O)OC)OC)N(C)C(=O)C(Nc1ncc(C(=O)NCCNC(=O)OC(C)(C)C)c(C)n1)C(C)C. The number of nitrogens with one attached hydrogen (secondary N) is 4. The van der Waals surface area contributed by atoms with Crippen LogP contribution in [-0.4, -0.2) is 145 Å². The first-order valence-corrected chi connectivity index (χ1v) is 22.6. The second-order valence-corrected chi connectivity index (χ2v) is 18.1. The van der Waals surface area contributed by atoms with Crippen LogP contribution < -0.4 is 21.3 Å². The van der Waals surface area contributed by atoms with Crippen molar-refractivity contribution in [1.82, 2.24) is 35.7 Å². The molecule has 1 fully saturated rings. The quantitative estimate of drug-likeness (QED) is 0.0905. The molecule has 18 heteroatoms. The van der Waals surface area contributed by atoms with E-state index < -0.39 is 71.8 Å². The fourth-order valence-electron chi connectivity index (χ4n) is 8.18. The van der Waals surface area contributed by atoms with Gasteiger partial charge in [0.15, 0.2) is 0 Å². The molecule has 0 saturated carbocycles. The van der Waals surface area contributed by atoms with Crippen LogP contribution in [0.1, 0.15) is 103 Å². The van der Waals surface area contributed by atoms with E-state index in [1.54, 1.807) is 51.5 Å². The Morgan fingerprint density at radius 3 is 2.18 bits per heavy atom. The third kappa shape index (κ3) is 15.6. The number of likely N-dealkylation sites (N-methyl/N-ethyl adjacent to an activating group) is 1. The summed E-state index contributed by atoms with van der Waals surface area (Å²) in [6.07, 6.45) is 1.68. The van der Waals surface area contributed by atoms with Crippen LogP contribution in [0, 0.1) is 24.7 Å². The van der Waals surface area contributed by atoms with Gasteiger partial charge in [-0.15, -0.1) is 0 Å². The molecule has 2 aromatic rings. The van der Waals surface area contributed by atoms with E-state index in [-0.39, 0.29) is 61.1 Å². The van der Waals surface area contributed by atoms with E-state index in [0.717, 1.165) is 5.56 Å². The smallest absolute Gasteiger partial charge is 0.407 e. The van der Waals surface area contributed by atoms with Gasteiger partial charge in [-0.25, -0.2) is 19.6 Å². The molecule has 5 amide bonds. The predicted octanol–water partition coefficient (Wildman–Crippen LogP) is 4.30. The van der Waals surface area contributed by atoms with Crippen molar-refractivity contribution >= 4 is 41.6 Å². The third-order valence-electron chi connectivity index (χ3n) is 11.9. The number of carbonyl (C=O) groups excluding carboxylic acids is 6. The highest BCUT2D eigenvalue weighted by atomic mass is 16.6. The fourth-order valence-corrected chi connectivity index (χ4v) is 8.18. The summed E-state index contributed by atoms with van der Waals surface area (Å²) < 4.78 is 22.2. The molecule has 8 atom stereocenters. The van der Waals surface area contributed by atoms with Gasteiger partial charge in [0.25, 0.3) is 5.91 Å². The number of hydrogen-bond acceptors (Lipinski definition) is 13. The van der Waals surface area contributed by atoms with Crippen LogP contribution in [0.5, 0.6) is 0 Å². The molecule has 0 bridgehead atoms. The molecule has 0 radical (unpaired) electrons. The molecule has 18 nitrogen and oxygen atoms in total. The van der Waals surface area contributed by atoms with Crippen LogP contribution in [0.3, 0.4) is 0 Å². The average molecular weight is 911 g/mol. The molecule has 65 heavy (non-hydrogen) atoms. The standard InChI is InChI=1S/C47H74N8O10/c1-14-29(4)39(54(10)43(59)38(28(2)3)53-45-50-27-33(31(6)51-45)42(58)48-22-23-49-46(61)65-47(7,8)9)36(62-11)26-37(56)55-24-18-21-35(55)40(63-12)30(5)41(57)52-34(44(60)64-13)25-32-19-16-15-17-20-32/h15-17,19-20,27-30,34-36,38-40H,14,18,21-26H2,1-13H3,(H,48,58)(H,49,61)(H,52,57)(H,50,51,53)/t29-,30+,34?,35?,36+,38?,39-,40+/m0/s1. The molecular weight excluding hydrogens is 837 g/mol. The number of ether oxygens (including phenoxy) is 4. The molecule has 1 saturated heterocycles. The summed E-state index contributed by atoms with van der Waals surface area (Å²) in [4.78, 5) is 92.4. The van der Waals surface area contributed by atoms with E-state index in [1.165, 1.54) is 27.5 Å². The van der Waals surface area contributed by atoms with E-state index in [9.17, 15) is 28.8 Å². The molecule has 3 unspecified atom stereocenters. The summed E-state index contributed by atoms with van der Waals surface area (Å²) in [7, 11) is 6.04. The number of amides is 5. The van der Waals surface area contributed by atoms with Crippen molar-refractivity contribution in [3.05, 3.63) is 53.3 Å². The molecule has 1 aliphatic heterocycles. The normalized spacial score (nSPS) is 17.1. The highest BCUT2D eigenvalue weighted by molar-refractivity contribution is 5.95. The minimum Gasteiger partial charge on any atom is -0.467 e. The third-order valence-corrected chi connectivity index (χ3v) is 11.9. The van der Waals surface area contributed by atoms with Crippen molar-refractivity contribution in [3.8, 4) is 0 Å². The van der Waals surface area contributed by atoms with E-state index in [4.69, 9.17) is 18.9 Å². The van der Waals surface area contributed by atoms with E-state index in [1.807, 2.05) is 58.0 Å². The summed E-state index contributed by atoms with van der Waals surface area (Å²) in [6.45, 7) is 17.3. The lowest BCUT2D eigenvalue weighted by Gasteiger charge is -2.40. The van der Waals surface area contributed by atoms with Crippen LogP contribution in [0.2, 0.25) is 0 Å². The Kier molecular flexibility index (Phi) is 21.1. The van der Waals surface area contributed by atoms with Gasteiger partial charge in [0.05, 0.1) is 55.0 Å². The minimum atomic E-state index is -0.912. The number of aryl methyl sites for hydroxylation is 1. The molecule has 1 aromatic heterocycles. The molecule has 1 aliphatic rings. The maximum atomic E-state index is 14.5. The van der Waals surface area contributed by atoms with Gasteiger partial charge >= 0.3 is 12.1 Å². The van der Waals surface area contributed by atoms with Crippen LogP contribution in [0.15, 0.2) is 36.5 Å². The monoisotopic (exact) mass is 911 g/mol. The minimum absolute atomic E-state index is 0.0270. The number of rotatable bonds is 23.